The average molecular weight is 411 g/mol. The number of carbonyl (C=O) groups excluding carboxylic acids is 2. The van der Waals surface area contributed by atoms with Gasteiger partial charge in [0.05, 0.1) is 12.0 Å². The van der Waals surface area contributed by atoms with Gasteiger partial charge in [-0.25, -0.2) is 0 Å². The Balaban J connectivity index is 1.72. The molecule has 1 unspecified atom stereocenters. The zero-order valence-electron chi connectivity index (χ0n) is 17.0. The van der Waals surface area contributed by atoms with Crippen molar-refractivity contribution in [3.05, 3.63) is 35.9 Å². The molecule has 1 aromatic rings. The van der Waals surface area contributed by atoms with Gasteiger partial charge in [0, 0.05) is 5.54 Å². The third kappa shape index (κ3) is 4.57. The van der Waals surface area contributed by atoms with E-state index in [1.165, 1.54) is 5.32 Å². The number of amides is 2. The van der Waals surface area contributed by atoms with E-state index in [1.807, 2.05) is 25.7 Å². The summed E-state index contributed by atoms with van der Waals surface area (Å²) in [6.45, 7) is 7.13. The Bertz CT molecular complexity index is 766. The van der Waals surface area contributed by atoms with Crippen LogP contribution in [0.15, 0.2) is 30.3 Å². The number of hydrogen-bond acceptors (Lipinski definition) is 3. The van der Waals surface area contributed by atoms with Gasteiger partial charge in [0.1, 0.15) is 0 Å². The van der Waals surface area contributed by atoms with E-state index in [9.17, 15) is 22.8 Å². The smallest absolute Gasteiger partial charge is 0.350 e. The zero-order valence-corrected chi connectivity index (χ0v) is 17.0. The van der Waals surface area contributed by atoms with Gasteiger partial charge in [-0.15, -0.1) is 0 Å². The summed E-state index contributed by atoms with van der Waals surface area (Å²) in [5.74, 6) is -1.05. The summed E-state index contributed by atoms with van der Waals surface area (Å²) in [5.41, 5.74) is -1.35. The minimum absolute atomic E-state index is 0.0756. The summed E-state index contributed by atoms with van der Waals surface area (Å²) >= 11 is 0. The average Bonchev–Trinajstić information content (AvgIpc) is 3.24. The van der Waals surface area contributed by atoms with Gasteiger partial charge in [-0.3, -0.25) is 19.8 Å². The van der Waals surface area contributed by atoms with Gasteiger partial charge in [-0.1, -0.05) is 30.3 Å². The van der Waals surface area contributed by atoms with Crippen molar-refractivity contribution in [2.45, 2.75) is 57.3 Å². The number of rotatable bonds is 4. The molecule has 0 bridgehead atoms. The van der Waals surface area contributed by atoms with Gasteiger partial charge in [-0.2, -0.15) is 13.2 Å². The number of hydrogen-bond donors (Lipinski definition) is 2. The Kier molecular flexibility index (Phi) is 5.45. The molecule has 160 valence electrons. The predicted molar refractivity (Wildman–Crippen MR) is 103 cm³/mol. The molecule has 1 aliphatic heterocycles. The molecular formula is C21H28F3N3O2. The molecule has 0 radical (unpaired) electrons. The molecule has 2 N–H and O–H groups in total. The highest BCUT2D eigenvalue weighted by Gasteiger charge is 2.72. The topological polar surface area (TPSA) is 61.4 Å². The SMILES string of the molecule is CC(C)(C)NC(=O)CN1CCC2(CC1)CC2(C(=O)NC(F)(F)F)c1ccccc1. The molecule has 8 heteroatoms. The lowest BCUT2D eigenvalue weighted by molar-refractivity contribution is -0.172. The molecule has 3 rings (SSSR count). The first-order valence-corrected chi connectivity index (χ1v) is 9.85. The Morgan fingerprint density at radius 2 is 1.62 bits per heavy atom. The molecule has 2 fully saturated rings. The predicted octanol–water partition coefficient (Wildman–Crippen LogP) is 2.96. The van der Waals surface area contributed by atoms with Crippen LogP contribution >= 0.6 is 0 Å². The van der Waals surface area contributed by atoms with Crippen LogP contribution < -0.4 is 10.6 Å². The summed E-state index contributed by atoms with van der Waals surface area (Å²) in [4.78, 5) is 26.9. The monoisotopic (exact) mass is 411 g/mol. The van der Waals surface area contributed by atoms with Crippen LogP contribution in [0.4, 0.5) is 13.2 Å². The fraction of sp³-hybridized carbons (Fsp3) is 0.619. The van der Waals surface area contributed by atoms with Crippen LogP contribution in [0, 0.1) is 5.41 Å². The summed E-state index contributed by atoms with van der Waals surface area (Å²) in [6, 6.07) is 8.73. The number of alkyl halides is 3. The molecule has 0 aromatic heterocycles. The fourth-order valence-corrected chi connectivity index (χ4v) is 4.69. The molecule has 1 aliphatic carbocycles. The maximum absolute atomic E-state index is 12.9. The molecular weight excluding hydrogens is 383 g/mol. The molecule has 1 saturated carbocycles. The zero-order chi connectivity index (χ0) is 21.5. The molecule has 1 spiro atoms. The second kappa shape index (κ2) is 7.31. The highest BCUT2D eigenvalue weighted by Crippen LogP contribution is 2.69. The van der Waals surface area contributed by atoms with E-state index in [4.69, 9.17) is 0 Å². The van der Waals surface area contributed by atoms with Crippen molar-refractivity contribution in [1.82, 2.24) is 15.5 Å². The summed E-state index contributed by atoms with van der Waals surface area (Å²) in [7, 11) is 0. The van der Waals surface area contributed by atoms with E-state index in [0.29, 0.717) is 37.9 Å². The fourth-order valence-electron chi connectivity index (χ4n) is 4.69. The van der Waals surface area contributed by atoms with Crippen molar-refractivity contribution < 1.29 is 22.8 Å². The first kappa shape index (κ1) is 21.6. The quantitative estimate of drug-likeness (QED) is 0.749. The molecule has 1 atom stereocenters. The van der Waals surface area contributed by atoms with Crippen molar-refractivity contribution in [3.8, 4) is 0 Å². The number of carbonyl (C=O) groups is 2. The third-order valence-corrected chi connectivity index (χ3v) is 5.99. The van der Waals surface area contributed by atoms with Crippen LogP contribution in [0.25, 0.3) is 0 Å². The van der Waals surface area contributed by atoms with Crippen molar-refractivity contribution in [2.24, 2.45) is 5.41 Å². The van der Waals surface area contributed by atoms with Crippen molar-refractivity contribution in [1.29, 1.82) is 0 Å². The van der Waals surface area contributed by atoms with Gasteiger partial charge >= 0.3 is 6.30 Å². The Morgan fingerprint density at radius 3 is 2.14 bits per heavy atom. The van der Waals surface area contributed by atoms with Crippen LogP contribution in [0.2, 0.25) is 0 Å². The molecule has 2 amide bonds. The Hall–Kier alpha value is -2.09. The number of halogens is 3. The Morgan fingerprint density at radius 1 is 1.03 bits per heavy atom. The van der Waals surface area contributed by atoms with Crippen LogP contribution in [-0.4, -0.2) is 48.2 Å². The molecule has 1 aromatic carbocycles. The number of piperidine rings is 1. The highest BCUT2D eigenvalue weighted by molar-refractivity contribution is 5.93. The number of likely N-dealkylation sites (tertiary alicyclic amines) is 1. The van der Waals surface area contributed by atoms with Crippen LogP contribution in [0.1, 0.15) is 45.6 Å². The lowest BCUT2D eigenvalue weighted by Crippen LogP contribution is -2.50. The lowest BCUT2D eigenvalue weighted by Gasteiger charge is -2.35. The van der Waals surface area contributed by atoms with E-state index in [0.717, 1.165) is 0 Å². The van der Waals surface area contributed by atoms with Crippen molar-refractivity contribution in [3.63, 3.8) is 0 Å². The second-order valence-corrected chi connectivity index (χ2v) is 9.25. The molecule has 1 saturated heterocycles. The highest BCUT2D eigenvalue weighted by atomic mass is 19.4. The van der Waals surface area contributed by atoms with Crippen molar-refractivity contribution >= 4 is 11.8 Å². The first-order valence-electron chi connectivity index (χ1n) is 9.85. The number of benzene rings is 1. The van der Waals surface area contributed by atoms with Gasteiger partial charge < -0.3 is 5.32 Å². The van der Waals surface area contributed by atoms with Gasteiger partial charge in [-0.05, 0) is 64.1 Å². The van der Waals surface area contributed by atoms with Crippen LogP contribution in [0.5, 0.6) is 0 Å². The second-order valence-electron chi connectivity index (χ2n) is 9.25. The third-order valence-electron chi connectivity index (χ3n) is 5.99. The summed E-state index contributed by atoms with van der Waals surface area (Å²) in [5, 5.41) is 4.16. The van der Waals surface area contributed by atoms with E-state index in [1.54, 1.807) is 30.3 Å². The lowest BCUT2D eigenvalue weighted by atomic mass is 9.79. The van der Waals surface area contributed by atoms with Gasteiger partial charge in [0.25, 0.3) is 0 Å². The first-order chi connectivity index (χ1) is 13.4. The number of nitrogens with one attached hydrogen (secondary N) is 2. The van der Waals surface area contributed by atoms with E-state index in [-0.39, 0.29) is 18.0 Å². The van der Waals surface area contributed by atoms with E-state index < -0.39 is 23.0 Å². The molecule has 1 heterocycles. The molecule has 2 aliphatic rings. The minimum Gasteiger partial charge on any atom is -0.350 e. The summed E-state index contributed by atoms with van der Waals surface area (Å²) in [6.07, 6.45) is -3.20. The van der Waals surface area contributed by atoms with E-state index in [2.05, 4.69) is 5.32 Å². The maximum atomic E-state index is 12.9. The van der Waals surface area contributed by atoms with Gasteiger partial charge in [0.15, 0.2) is 0 Å². The van der Waals surface area contributed by atoms with Crippen LogP contribution in [0.3, 0.4) is 0 Å². The standard InChI is InChI=1S/C21H28F3N3O2/c1-18(2,3)25-16(28)13-27-11-9-19(10-12-27)14-20(19,15-7-5-4-6-8-15)17(29)26-21(22,23)24/h4-8H,9-14H2,1-3H3,(H,25,28)(H,26,29). The normalized spacial score (nSPS) is 24.2. The van der Waals surface area contributed by atoms with Gasteiger partial charge in [0.2, 0.25) is 11.8 Å². The Labute approximate surface area is 169 Å². The summed E-state index contributed by atoms with van der Waals surface area (Å²) < 4.78 is 38.7. The molecule has 29 heavy (non-hydrogen) atoms. The number of nitrogens with zero attached hydrogens (tertiary/aromatic N) is 1. The molecule has 5 nitrogen and oxygen atoms in total. The van der Waals surface area contributed by atoms with Crippen molar-refractivity contribution in [2.75, 3.05) is 19.6 Å². The largest absolute Gasteiger partial charge is 0.484 e. The van der Waals surface area contributed by atoms with E-state index >= 15 is 0 Å². The maximum Gasteiger partial charge on any atom is 0.484 e. The minimum atomic E-state index is -4.76. The van der Waals surface area contributed by atoms with Crippen LogP contribution in [-0.2, 0) is 15.0 Å².